The average molecular weight is 326 g/mol. The molecule has 1 saturated carbocycles. The quantitative estimate of drug-likeness (QED) is 0.943. The zero-order valence-electron chi connectivity index (χ0n) is 12.1. The minimum atomic E-state index is -2.68. The summed E-state index contributed by atoms with van der Waals surface area (Å²) >= 11 is 1.33. The van der Waals surface area contributed by atoms with Crippen LogP contribution < -0.4 is 5.32 Å². The molecule has 1 aliphatic rings. The first-order valence-corrected chi connectivity index (χ1v) is 7.94. The van der Waals surface area contributed by atoms with E-state index in [-0.39, 0.29) is 18.5 Å². The van der Waals surface area contributed by atoms with Crippen LogP contribution in [0.5, 0.6) is 0 Å². The Morgan fingerprint density at radius 1 is 1.55 bits per heavy atom. The Morgan fingerprint density at radius 2 is 2.36 bits per heavy atom. The Labute approximate surface area is 130 Å². The molecule has 0 radical (unpaired) electrons. The van der Waals surface area contributed by atoms with Gasteiger partial charge in [-0.05, 0) is 12.8 Å². The Hall–Kier alpha value is -1.83. The van der Waals surface area contributed by atoms with Crippen LogP contribution in [0.4, 0.5) is 8.78 Å². The number of thiazole rings is 1. The monoisotopic (exact) mass is 326 g/mol. The number of rotatable bonds is 3. The van der Waals surface area contributed by atoms with E-state index >= 15 is 0 Å². The average Bonchev–Trinajstić information content (AvgIpc) is 3.05. The molecule has 2 aromatic rings. The number of carbonyl (C=O) groups is 1. The van der Waals surface area contributed by atoms with Gasteiger partial charge in [-0.3, -0.25) is 9.48 Å². The van der Waals surface area contributed by atoms with Crippen molar-refractivity contribution in [2.24, 2.45) is 7.05 Å². The second-order valence-corrected chi connectivity index (χ2v) is 6.42. The van der Waals surface area contributed by atoms with Crippen LogP contribution in [0.15, 0.2) is 17.8 Å². The van der Waals surface area contributed by atoms with Gasteiger partial charge in [-0.2, -0.15) is 5.10 Å². The first-order valence-electron chi connectivity index (χ1n) is 7.06. The summed E-state index contributed by atoms with van der Waals surface area (Å²) in [6, 6.07) is -0.486. The Bertz CT molecular complexity index is 682. The molecule has 1 aliphatic carbocycles. The molecule has 0 spiro atoms. The normalized spacial score (nSPS) is 20.8. The van der Waals surface area contributed by atoms with Crippen molar-refractivity contribution in [3.8, 4) is 10.6 Å². The lowest BCUT2D eigenvalue weighted by molar-refractivity contribution is -0.0429. The number of carbonyl (C=O) groups excluding carboxylic acids is 1. The first-order chi connectivity index (χ1) is 10.4. The summed E-state index contributed by atoms with van der Waals surface area (Å²) in [5, 5.41) is 9.05. The Kier molecular flexibility index (Phi) is 3.94. The van der Waals surface area contributed by atoms with Crippen molar-refractivity contribution < 1.29 is 13.6 Å². The van der Waals surface area contributed by atoms with Crippen molar-refractivity contribution >= 4 is 17.2 Å². The maximum absolute atomic E-state index is 13.4. The van der Waals surface area contributed by atoms with Crippen LogP contribution in [-0.4, -0.2) is 32.6 Å². The van der Waals surface area contributed by atoms with E-state index in [1.807, 2.05) is 6.20 Å². The number of nitrogens with zero attached hydrogens (tertiary/aromatic N) is 3. The van der Waals surface area contributed by atoms with E-state index in [4.69, 9.17) is 0 Å². The SMILES string of the molecule is Cn1cc(-c2nc(C(=O)NC3CCCC(F)(F)C3)cs2)cn1. The highest BCUT2D eigenvalue weighted by molar-refractivity contribution is 7.13. The molecule has 22 heavy (non-hydrogen) atoms. The third-order valence-corrected chi connectivity index (χ3v) is 4.56. The van der Waals surface area contributed by atoms with E-state index in [1.165, 1.54) is 11.3 Å². The summed E-state index contributed by atoms with van der Waals surface area (Å²) in [5.74, 6) is -3.08. The molecule has 0 aromatic carbocycles. The minimum absolute atomic E-state index is 0.0960. The Morgan fingerprint density at radius 3 is 3.05 bits per heavy atom. The van der Waals surface area contributed by atoms with Gasteiger partial charge in [-0.1, -0.05) is 0 Å². The molecule has 0 bridgehead atoms. The van der Waals surface area contributed by atoms with Crippen molar-refractivity contribution in [3.63, 3.8) is 0 Å². The van der Waals surface area contributed by atoms with Crippen LogP contribution in [0.3, 0.4) is 0 Å². The topological polar surface area (TPSA) is 59.8 Å². The predicted molar refractivity (Wildman–Crippen MR) is 79.0 cm³/mol. The molecule has 5 nitrogen and oxygen atoms in total. The van der Waals surface area contributed by atoms with Gasteiger partial charge in [-0.15, -0.1) is 11.3 Å². The lowest BCUT2D eigenvalue weighted by Crippen LogP contribution is -2.42. The van der Waals surface area contributed by atoms with Crippen LogP contribution in [0.25, 0.3) is 10.6 Å². The summed E-state index contributed by atoms with van der Waals surface area (Å²) < 4.78 is 28.4. The summed E-state index contributed by atoms with van der Waals surface area (Å²) in [4.78, 5) is 16.4. The molecule has 2 aromatic heterocycles. The standard InChI is InChI=1S/C14H16F2N4OS/c1-20-7-9(6-17-20)13-19-11(8-22-13)12(21)18-10-3-2-4-14(15,16)5-10/h6-8,10H,2-5H2,1H3,(H,18,21). The van der Waals surface area contributed by atoms with Crippen LogP contribution in [0, 0.1) is 0 Å². The molecular formula is C14H16F2N4OS. The van der Waals surface area contributed by atoms with Gasteiger partial charge in [0.2, 0.25) is 5.92 Å². The van der Waals surface area contributed by atoms with Crippen molar-refractivity contribution in [2.75, 3.05) is 0 Å². The highest BCUT2D eigenvalue weighted by atomic mass is 32.1. The molecule has 2 heterocycles. The van der Waals surface area contributed by atoms with Crippen molar-refractivity contribution in [1.29, 1.82) is 0 Å². The highest BCUT2D eigenvalue weighted by Crippen LogP contribution is 2.33. The molecule has 1 amide bonds. The second kappa shape index (κ2) is 5.75. The number of aromatic nitrogens is 3. The molecular weight excluding hydrogens is 310 g/mol. The van der Waals surface area contributed by atoms with Crippen LogP contribution in [-0.2, 0) is 7.05 Å². The van der Waals surface area contributed by atoms with Gasteiger partial charge in [-0.25, -0.2) is 13.8 Å². The van der Waals surface area contributed by atoms with Crippen LogP contribution in [0.2, 0.25) is 0 Å². The number of hydrogen-bond acceptors (Lipinski definition) is 4. The highest BCUT2D eigenvalue weighted by Gasteiger charge is 2.37. The van der Waals surface area contributed by atoms with E-state index in [0.29, 0.717) is 17.8 Å². The summed E-state index contributed by atoms with van der Waals surface area (Å²) in [7, 11) is 1.80. The van der Waals surface area contributed by atoms with E-state index < -0.39 is 17.9 Å². The largest absolute Gasteiger partial charge is 0.348 e. The van der Waals surface area contributed by atoms with Gasteiger partial charge >= 0.3 is 0 Å². The van der Waals surface area contributed by atoms with Gasteiger partial charge in [0.05, 0.1) is 6.20 Å². The number of alkyl halides is 2. The fourth-order valence-corrected chi connectivity index (χ4v) is 3.37. The van der Waals surface area contributed by atoms with Gasteiger partial charge in [0.25, 0.3) is 5.91 Å². The maximum Gasteiger partial charge on any atom is 0.270 e. The molecule has 0 saturated heterocycles. The summed E-state index contributed by atoms with van der Waals surface area (Å²) in [5.41, 5.74) is 1.09. The van der Waals surface area contributed by atoms with Gasteiger partial charge in [0, 0.05) is 43.1 Å². The Balaban J connectivity index is 1.67. The van der Waals surface area contributed by atoms with E-state index in [0.717, 1.165) is 5.56 Å². The minimum Gasteiger partial charge on any atom is -0.348 e. The number of aryl methyl sites for hydroxylation is 1. The van der Waals surface area contributed by atoms with Crippen LogP contribution in [0.1, 0.15) is 36.2 Å². The molecule has 118 valence electrons. The fourth-order valence-electron chi connectivity index (χ4n) is 2.60. The molecule has 0 aliphatic heterocycles. The van der Waals surface area contributed by atoms with Crippen LogP contribution >= 0.6 is 11.3 Å². The van der Waals surface area contributed by atoms with Gasteiger partial charge < -0.3 is 5.32 Å². The smallest absolute Gasteiger partial charge is 0.270 e. The summed E-state index contributed by atoms with van der Waals surface area (Å²) in [6.45, 7) is 0. The molecule has 1 fully saturated rings. The zero-order chi connectivity index (χ0) is 15.7. The fraction of sp³-hybridized carbons (Fsp3) is 0.500. The summed E-state index contributed by atoms with van der Waals surface area (Å²) in [6.07, 6.45) is 4.10. The van der Waals surface area contributed by atoms with Gasteiger partial charge in [0.1, 0.15) is 10.7 Å². The zero-order valence-corrected chi connectivity index (χ0v) is 12.9. The van der Waals surface area contributed by atoms with Crippen molar-refractivity contribution in [2.45, 2.75) is 37.6 Å². The number of amides is 1. The lowest BCUT2D eigenvalue weighted by Gasteiger charge is -2.29. The number of hydrogen-bond donors (Lipinski definition) is 1. The molecule has 1 unspecified atom stereocenters. The molecule has 1 atom stereocenters. The number of nitrogens with one attached hydrogen (secondary N) is 1. The van der Waals surface area contributed by atoms with E-state index in [1.54, 1.807) is 23.3 Å². The van der Waals surface area contributed by atoms with E-state index in [9.17, 15) is 13.6 Å². The molecule has 1 N–H and O–H groups in total. The third-order valence-electron chi connectivity index (χ3n) is 3.66. The number of halogens is 2. The van der Waals surface area contributed by atoms with Crippen molar-refractivity contribution in [3.05, 3.63) is 23.5 Å². The van der Waals surface area contributed by atoms with Gasteiger partial charge in [0.15, 0.2) is 0 Å². The maximum atomic E-state index is 13.4. The van der Waals surface area contributed by atoms with Crippen molar-refractivity contribution in [1.82, 2.24) is 20.1 Å². The van der Waals surface area contributed by atoms with E-state index in [2.05, 4.69) is 15.4 Å². The predicted octanol–water partition coefficient (Wildman–Crippen LogP) is 2.85. The lowest BCUT2D eigenvalue weighted by atomic mass is 9.92. The molecule has 3 rings (SSSR count). The second-order valence-electron chi connectivity index (χ2n) is 5.56. The first kappa shape index (κ1) is 15.1. The third kappa shape index (κ3) is 3.32. The molecule has 8 heteroatoms.